The molecule has 3 aromatic heterocycles. The van der Waals surface area contributed by atoms with Crippen LogP contribution in [0.5, 0.6) is 0 Å². The van der Waals surface area contributed by atoms with Crippen molar-refractivity contribution >= 4 is 28.3 Å². The van der Waals surface area contributed by atoms with E-state index >= 15 is 0 Å². The maximum Gasteiger partial charge on any atom is 0.337 e. The molecule has 276 valence electrons. The second-order valence-electron chi connectivity index (χ2n) is 14.5. The van der Waals surface area contributed by atoms with Crippen LogP contribution in [0, 0.1) is 12.7 Å². The van der Waals surface area contributed by atoms with E-state index in [-0.39, 0.29) is 23.0 Å². The number of ether oxygens (including phenoxy) is 1. The van der Waals surface area contributed by atoms with Gasteiger partial charge in [0.05, 0.1) is 35.5 Å². The minimum absolute atomic E-state index is 0.0441. The fraction of sp³-hybridized carbons (Fsp3) is 0.425. The first-order valence-electron chi connectivity index (χ1n) is 18.6. The summed E-state index contributed by atoms with van der Waals surface area (Å²) in [5.74, 6) is -0.871. The zero-order valence-corrected chi connectivity index (χ0v) is 30.7. The number of aryl methyl sites for hydroxylation is 1. The van der Waals surface area contributed by atoms with E-state index in [9.17, 15) is 18.8 Å². The van der Waals surface area contributed by atoms with Gasteiger partial charge < -0.3 is 10.1 Å². The van der Waals surface area contributed by atoms with Crippen LogP contribution in [-0.4, -0.2) is 86.3 Å². The lowest BCUT2D eigenvalue weighted by atomic mass is 9.90. The first kappa shape index (κ1) is 35.5. The van der Waals surface area contributed by atoms with Crippen molar-refractivity contribution in [1.82, 2.24) is 34.2 Å². The number of piperidine rings is 1. The molecule has 2 aromatic carbocycles. The van der Waals surface area contributed by atoms with Crippen molar-refractivity contribution in [3.8, 4) is 16.8 Å². The van der Waals surface area contributed by atoms with Gasteiger partial charge in [0.15, 0.2) is 5.65 Å². The van der Waals surface area contributed by atoms with Crippen molar-refractivity contribution in [3.63, 3.8) is 0 Å². The lowest BCUT2D eigenvalue weighted by Crippen LogP contribution is -2.48. The minimum Gasteiger partial charge on any atom is -0.379 e. The number of carbonyl (C=O) groups is 1. The molecule has 5 heterocycles. The number of thiazole rings is 1. The maximum atomic E-state index is 14.5. The second-order valence-corrected chi connectivity index (χ2v) is 15.5. The molecule has 0 atom stereocenters. The van der Waals surface area contributed by atoms with Crippen molar-refractivity contribution in [2.45, 2.75) is 70.1 Å². The smallest absolute Gasteiger partial charge is 0.337 e. The number of amides is 1. The molecule has 0 bridgehead atoms. The van der Waals surface area contributed by atoms with Gasteiger partial charge in [-0.2, -0.15) is 0 Å². The SMILES string of the molecule is Cc1nc(C(=O)N[C@H]2CC[C@@H](n3c(=O)c4cc(F)cnc4n(-c4cccc(-c5ccc(CN6CCC(N7CCOCC7)CC6)cc5)c4)c3=O)CC2)cs1. The van der Waals surface area contributed by atoms with Crippen molar-refractivity contribution < 1.29 is 13.9 Å². The quantitative estimate of drug-likeness (QED) is 0.228. The Morgan fingerprint density at radius 3 is 2.40 bits per heavy atom. The highest BCUT2D eigenvalue weighted by atomic mass is 32.1. The standard InChI is InChI=1S/C40H44FN7O4S/c1-26-43-36(25-53-26)38(49)44-31-9-11-33(12-10-31)48-39(50)35-22-30(41)23-42-37(35)47(40(48)51)34-4-2-3-29(21-34)28-7-5-27(6-8-28)24-45-15-13-32(14-16-45)46-17-19-52-20-18-46/h2-8,21-23,25,31-33H,9-20,24H2,1H3,(H,44,49)/t31-,33+. The number of pyridine rings is 1. The Morgan fingerprint density at radius 1 is 0.925 bits per heavy atom. The van der Waals surface area contributed by atoms with E-state index in [0.29, 0.717) is 43.1 Å². The summed E-state index contributed by atoms with van der Waals surface area (Å²) in [5.41, 5.74) is 3.13. The van der Waals surface area contributed by atoms with Crippen LogP contribution in [0.4, 0.5) is 4.39 Å². The van der Waals surface area contributed by atoms with Crippen molar-refractivity contribution in [2.24, 2.45) is 0 Å². The van der Waals surface area contributed by atoms with E-state index in [1.807, 2.05) is 31.2 Å². The fourth-order valence-corrected chi connectivity index (χ4v) is 8.81. The average molecular weight is 738 g/mol. The van der Waals surface area contributed by atoms with E-state index in [1.54, 1.807) is 5.38 Å². The van der Waals surface area contributed by atoms with E-state index in [2.05, 4.69) is 49.4 Å². The van der Waals surface area contributed by atoms with Crippen molar-refractivity contribution in [2.75, 3.05) is 39.4 Å². The van der Waals surface area contributed by atoms with E-state index < -0.39 is 23.1 Å². The molecule has 1 N–H and O–H groups in total. The monoisotopic (exact) mass is 737 g/mol. The highest BCUT2D eigenvalue weighted by Crippen LogP contribution is 2.29. The van der Waals surface area contributed by atoms with Crippen LogP contribution in [0.1, 0.15) is 65.6 Å². The molecular weight excluding hydrogens is 694 g/mol. The van der Waals surface area contributed by atoms with Gasteiger partial charge >= 0.3 is 5.69 Å². The predicted molar refractivity (Wildman–Crippen MR) is 203 cm³/mol. The normalized spacial score (nSPS) is 20.5. The predicted octanol–water partition coefficient (Wildman–Crippen LogP) is 5.33. The van der Waals surface area contributed by atoms with Crippen molar-refractivity contribution in [1.29, 1.82) is 0 Å². The Balaban J connectivity index is 1.00. The van der Waals surface area contributed by atoms with Crippen LogP contribution in [-0.2, 0) is 11.3 Å². The number of aromatic nitrogens is 4. The number of fused-ring (bicyclic) bond motifs is 1. The molecule has 8 rings (SSSR count). The Bertz CT molecular complexity index is 2210. The molecule has 11 nitrogen and oxygen atoms in total. The summed E-state index contributed by atoms with van der Waals surface area (Å²) in [4.78, 5) is 54.5. The molecule has 53 heavy (non-hydrogen) atoms. The Labute approximate surface area is 311 Å². The largest absolute Gasteiger partial charge is 0.379 e. The van der Waals surface area contributed by atoms with Gasteiger partial charge in [-0.05, 0) is 93.4 Å². The number of hydrogen-bond donors (Lipinski definition) is 1. The molecule has 0 unspecified atom stereocenters. The van der Waals surface area contributed by atoms with Gasteiger partial charge in [0.2, 0.25) is 0 Å². The van der Waals surface area contributed by atoms with Gasteiger partial charge in [0.1, 0.15) is 11.5 Å². The number of nitrogens with one attached hydrogen (secondary N) is 1. The van der Waals surface area contributed by atoms with Gasteiger partial charge in [-0.15, -0.1) is 11.3 Å². The van der Waals surface area contributed by atoms with Crippen LogP contribution in [0.2, 0.25) is 0 Å². The number of likely N-dealkylation sites (tertiary alicyclic amines) is 1. The maximum absolute atomic E-state index is 14.5. The van der Waals surface area contributed by atoms with Crippen LogP contribution in [0.15, 0.2) is 75.8 Å². The molecule has 0 spiro atoms. The second kappa shape index (κ2) is 15.4. The average Bonchev–Trinajstić information content (AvgIpc) is 3.63. The Kier molecular flexibility index (Phi) is 10.3. The molecule has 3 aliphatic rings. The number of carbonyl (C=O) groups excluding carboxylic acids is 1. The number of rotatable bonds is 8. The zero-order chi connectivity index (χ0) is 36.5. The lowest BCUT2D eigenvalue weighted by Gasteiger charge is -2.40. The van der Waals surface area contributed by atoms with E-state index in [4.69, 9.17) is 4.74 Å². The summed E-state index contributed by atoms with van der Waals surface area (Å²) in [6.07, 6.45) is 5.58. The lowest BCUT2D eigenvalue weighted by molar-refractivity contribution is 0.000231. The summed E-state index contributed by atoms with van der Waals surface area (Å²) in [5, 5.41) is 5.65. The number of nitrogens with zero attached hydrogens (tertiary/aromatic N) is 6. The topological polar surface area (TPSA) is 115 Å². The zero-order valence-electron chi connectivity index (χ0n) is 29.9. The molecule has 1 aliphatic carbocycles. The number of benzene rings is 2. The summed E-state index contributed by atoms with van der Waals surface area (Å²) in [6.45, 7) is 8.68. The summed E-state index contributed by atoms with van der Waals surface area (Å²) in [7, 11) is 0. The van der Waals surface area contributed by atoms with Gasteiger partial charge in [-0.25, -0.2) is 23.7 Å². The number of hydrogen-bond acceptors (Lipinski definition) is 9. The summed E-state index contributed by atoms with van der Waals surface area (Å²) < 4.78 is 22.8. The Hall–Kier alpha value is -4.56. The summed E-state index contributed by atoms with van der Waals surface area (Å²) >= 11 is 1.42. The van der Waals surface area contributed by atoms with Crippen LogP contribution in [0.3, 0.4) is 0 Å². The van der Waals surface area contributed by atoms with Crippen LogP contribution >= 0.6 is 11.3 Å². The van der Waals surface area contributed by atoms with E-state index in [1.165, 1.54) is 38.9 Å². The summed E-state index contributed by atoms with van der Waals surface area (Å²) in [6, 6.07) is 17.4. The van der Waals surface area contributed by atoms with Crippen molar-refractivity contribution in [3.05, 3.63) is 109 Å². The molecule has 2 saturated heterocycles. The number of halogens is 1. The molecule has 5 aromatic rings. The van der Waals surface area contributed by atoms with Gasteiger partial charge in [-0.3, -0.25) is 24.0 Å². The van der Waals surface area contributed by atoms with E-state index in [0.717, 1.165) is 74.3 Å². The molecule has 3 fully saturated rings. The fourth-order valence-electron chi connectivity index (χ4n) is 8.21. The highest BCUT2D eigenvalue weighted by Gasteiger charge is 2.29. The van der Waals surface area contributed by atoms with Gasteiger partial charge in [0.25, 0.3) is 11.5 Å². The molecule has 13 heteroatoms. The van der Waals surface area contributed by atoms with Gasteiger partial charge in [0, 0.05) is 43.1 Å². The third-order valence-corrected chi connectivity index (χ3v) is 11.8. The number of morpholine rings is 1. The minimum atomic E-state index is -0.648. The van der Waals surface area contributed by atoms with Crippen LogP contribution < -0.4 is 16.6 Å². The molecule has 2 aliphatic heterocycles. The van der Waals surface area contributed by atoms with Gasteiger partial charge in [-0.1, -0.05) is 36.4 Å². The first-order chi connectivity index (χ1) is 25.8. The molecule has 0 radical (unpaired) electrons. The molecule has 1 saturated carbocycles. The molecule has 1 amide bonds. The third-order valence-electron chi connectivity index (χ3n) is 11.1. The highest BCUT2D eigenvalue weighted by molar-refractivity contribution is 7.09. The molecular formula is C40H44FN7O4S. The Morgan fingerprint density at radius 2 is 1.68 bits per heavy atom. The first-order valence-corrected chi connectivity index (χ1v) is 19.5. The van der Waals surface area contributed by atoms with Crippen LogP contribution in [0.25, 0.3) is 27.8 Å². The third kappa shape index (κ3) is 7.61.